The molecule has 0 rings (SSSR count). The van der Waals surface area contributed by atoms with Crippen LogP contribution in [0.25, 0.3) is 0 Å². The lowest BCUT2D eigenvalue weighted by molar-refractivity contribution is -0.145. The van der Waals surface area contributed by atoms with Crippen molar-refractivity contribution in [2.75, 3.05) is 39.3 Å². The van der Waals surface area contributed by atoms with Gasteiger partial charge in [-0.3, -0.25) is 14.5 Å². The number of nitrogens with zero attached hydrogens (tertiary/aromatic N) is 2. The fourth-order valence-electron chi connectivity index (χ4n) is 1.79. The zero-order valence-electron chi connectivity index (χ0n) is 12.1. The zero-order chi connectivity index (χ0) is 14.0. The molecule has 0 fully saturated rings. The maximum Gasteiger partial charge on any atom is 0.320 e. The van der Waals surface area contributed by atoms with Gasteiger partial charge >= 0.3 is 5.97 Å². The van der Waals surface area contributed by atoms with Crippen LogP contribution in [0.1, 0.15) is 34.1 Å². The summed E-state index contributed by atoms with van der Waals surface area (Å²) >= 11 is 0. The number of hydrogen-bond donors (Lipinski definition) is 0. The zero-order valence-corrected chi connectivity index (χ0v) is 12.1. The first-order valence-corrected chi connectivity index (χ1v) is 6.74. The lowest BCUT2D eigenvalue weighted by atomic mass is 10.3. The minimum Gasteiger partial charge on any atom is -0.465 e. The highest BCUT2D eigenvalue weighted by molar-refractivity contribution is 5.79. The summed E-state index contributed by atoms with van der Waals surface area (Å²) in [6, 6.07) is 0. The van der Waals surface area contributed by atoms with E-state index in [4.69, 9.17) is 4.74 Å². The minimum absolute atomic E-state index is 0.0674. The Balaban J connectivity index is 4.33. The van der Waals surface area contributed by atoms with E-state index >= 15 is 0 Å². The van der Waals surface area contributed by atoms with Crippen LogP contribution < -0.4 is 0 Å². The Morgan fingerprint density at radius 3 is 2.06 bits per heavy atom. The third kappa shape index (κ3) is 6.59. The van der Waals surface area contributed by atoms with Crippen LogP contribution in [0, 0.1) is 0 Å². The molecule has 0 bridgehead atoms. The Labute approximate surface area is 110 Å². The van der Waals surface area contributed by atoms with E-state index in [1.54, 1.807) is 11.8 Å². The number of likely N-dealkylation sites (N-methyl/N-ethyl adjacent to an activating group) is 1. The monoisotopic (exact) mass is 258 g/mol. The lowest BCUT2D eigenvalue weighted by Crippen LogP contribution is -2.42. The molecule has 106 valence electrons. The SMILES string of the molecule is CCCN(CC(=O)OCC)CC(=O)N(CC)CC. The van der Waals surface area contributed by atoms with Crippen LogP contribution in [-0.4, -0.2) is 61.0 Å². The van der Waals surface area contributed by atoms with Gasteiger partial charge in [0.15, 0.2) is 0 Å². The Kier molecular flexibility index (Phi) is 9.28. The topological polar surface area (TPSA) is 49.9 Å². The van der Waals surface area contributed by atoms with Crippen LogP contribution in [-0.2, 0) is 14.3 Å². The molecule has 0 aromatic heterocycles. The smallest absolute Gasteiger partial charge is 0.320 e. The number of hydrogen-bond acceptors (Lipinski definition) is 4. The van der Waals surface area contributed by atoms with E-state index in [2.05, 4.69) is 0 Å². The van der Waals surface area contributed by atoms with Gasteiger partial charge in [0.05, 0.1) is 19.7 Å². The molecule has 0 aromatic carbocycles. The highest BCUT2D eigenvalue weighted by Gasteiger charge is 2.17. The average Bonchev–Trinajstić information content (AvgIpc) is 2.31. The predicted octanol–water partition coefficient (Wildman–Crippen LogP) is 1.13. The van der Waals surface area contributed by atoms with Gasteiger partial charge in [-0.1, -0.05) is 6.92 Å². The summed E-state index contributed by atoms with van der Waals surface area (Å²) in [6.45, 7) is 10.7. The van der Waals surface area contributed by atoms with E-state index in [0.29, 0.717) is 19.7 Å². The third-order valence-corrected chi connectivity index (χ3v) is 2.67. The highest BCUT2D eigenvalue weighted by atomic mass is 16.5. The summed E-state index contributed by atoms with van der Waals surface area (Å²) in [5, 5.41) is 0. The summed E-state index contributed by atoms with van der Waals surface area (Å²) in [5.41, 5.74) is 0. The normalized spacial score (nSPS) is 10.5. The van der Waals surface area contributed by atoms with E-state index in [0.717, 1.165) is 13.0 Å². The fraction of sp³-hybridized carbons (Fsp3) is 0.846. The Hall–Kier alpha value is -1.10. The van der Waals surface area contributed by atoms with Gasteiger partial charge < -0.3 is 9.64 Å². The number of carbonyl (C=O) groups is 2. The second kappa shape index (κ2) is 9.88. The van der Waals surface area contributed by atoms with Crippen molar-refractivity contribution in [3.8, 4) is 0 Å². The second-order valence-corrected chi connectivity index (χ2v) is 4.08. The van der Waals surface area contributed by atoms with Gasteiger partial charge in [0, 0.05) is 13.1 Å². The molecule has 0 radical (unpaired) electrons. The van der Waals surface area contributed by atoms with Gasteiger partial charge in [-0.2, -0.15) is 0 Å². The van der Waals surface area contributed by atoms with Crippen LogP contribution in [0.15, 0.2) is 0 Å². The number of ether oxygens (including phenoxy) is 1. The van der Waals surface area contributed by atoms with Gasteiger partial charge in [0.2, 0.25) is 5.91 Å². The lowest BCUT2D eigenvalue weighted by Gasteiger charge is -2.24. The molecule has 1 amide bonds. The summed E-state index contributed by atoms with van der Waals surface area (Å²) in [6.07, 6.45) is 0.908. The van der Waals surface area contributed by atoms with E-state index in [1.165, 1.54) is 0 Å². The molecule has 0 aliphatic heterocycles. The number of esters is 1. The van der Waals surface area contributed by atoms with Crippen molar-refractivity contribution in [2.45, 2.75) is 34.1 Å². The Bertz CT molecular complexity index is 253. The van der Waals surface area contributed by atoms with Gasteiger partial charge in [-0.25, -0.2) is 0 Å². The van der Waals surface area contributed by atoms with Crippen molar-refractivity contribution in [3.05, 3.63) is 0 Å². The molecule has 5 nitrogen and oxygen atoms in total. The standard InChI is InChI=1S/C13H26N2O3/c1-5-9-14(11-13(17)18-8-4)10-12(16)15(6-2)7-3/h5-11H2,1-4H3. The van der Waals surface area contributed by atoms with Gasteiger partial charge in [0.1, 0.15) is 0 Å². The summed E-state index contributed by atoms with van der Waals surface area (Å²) in [5.74, 6) is -0.198. The molecule has 0 unspecified atom stereocenters. The molecule has 18 heavy (non-hydrogen) atoms. The van der Waals surface area contributed by atoms with Crippen LogP contribution in [0.5, 0.6) is 0 Å². The van der Waals surface area contributed by atoms with Crippen LogP contribution in [0.3, 0.4) is 0 Å². The van der Waals surface area contributed by atoms with Crippen molar-refractivity contribution in [3.63, 3.8) is 0 Å². The molecule has 0 N–H and O–H groups in total. The van der Waals surface area contributed by atoms with Gasteiger partial charge in [-0.05, 0) is 33.7 Å². The summed E-state index contributed by atoms with van der Waals surface area (Å²) < 4.78 is 4.91. The molecular formula is C13H26N2O3. The number of amides is 1. The molecule has 0 aliphatic rings. The predicted molar refractivity (Wildman–Crippen MR) is 71.3 cm³/mol. The van der Waals surface area contributed by atoms with Crippen molar-refractivity contribution in [2.24, 2.45) is 0 Å². The molecule has 0 saturated carbocycles. The molecule has 0 spiro atoms. The van der Waals surface area contributed by atoms with Crippen LogP contribution in [0.2, 0.25) is 0 Å². The van der Waals surface area contributed by atoms with E-state index in [9.17, 15) is 9.59 Å². The minimum atomic E-state index is -0.265. The van der Waals surface area contributed by atoms with Crippen molar-refractivity contribution in [1.29, 1.82) is 0 Å². The van der Waals surface area contributed by atoms with Gasteiger partial charge in [0.25, 0.3) is 0 Å². The molecule has 0 aromatic rings. The summed E-state index contributed by atoms with van der Waals surface area (Å²) in [7, 11) is 0. The fourth-order valence-corrected chi connectivity index (χ4v) is 1.79. The first-order valence-electron chi connectivity index (χ1n) is 6.74. The summed E-state index contributed by atoms with van der Waals surface area (Å²) in [4.78, 5) is 27.0. The quantitative estimate of drug-likeness (QED) is 0.582. The van der Waals surface area contributed by atoms with Gasteiger partial charge in [-0.15, -0.1) is 0 Å². The van der Waals surface area contributed by atoms with E-state index in [-0.39, 0.29) is 25.0 Å². The number of carbonyl (C=O) groups excluding carboxylic acids is 2. The van der Waals surface area contributed by atoms with Crippen LogP contribution >= 0.6 is 0 Å². The maximum atomic E-state index is 12.0. The first-order chi connectivity index (χ1) is 8.58. The van der Waals surface area contributed by atoms with Crippen molar-refractivity contribution in [1.82, 2.24) is 9.80 Å². The highest BCUT2D eigenvalue weighted by Crippen LogP contribution is 1.97. The largest absolute Gasteiger partial charge is 0.465 e. The number of rotatable bonds is 9. The molecule has 0 saturated heterocycles. The van der Waals surface area contributed by atoms with E-state index in [1.807, 2.05) is 25.7 Å². The Morgan fingerprint density at radius 2 is 1.61 bits per heavy atom. The Morgan fingerprint density at radius 1 is 1.00 bits per heavy atom. The first kappa shape index (κ1) is 16.9. The molecular weight excluding hydrogens is 232 g/mol. The molecule has 0 heterocycles. The molecule has 0 aliphatic carbocycles. The second-order valence-electron chi connectivity index (χ2n) is 4.08. The van der Waals surface area contributed by atoms with Crippen molar-refractivity contribution >= 4 is 11.9 Å². The average molecular weight is 258 g/mol. The van der Waals surface area contributed by atoms with Crippen LogP contribution in [0.4, 0.5) is 0 Å². The maximum absolute atomic E-state index is 12.0. The molecule has 5 heteroatoms. The van der Waals surface area contributed by atoms with Crippen molar-refractivity contribution < 1.29 is 14.3 Å². The molecule has 0 atom stereocenters. The van der Waals surface area contributed by atoms with E-state index < -0.39 is 0 Å². The third-order valence-electron chi connectivity index (χ3n) is 2.67.